The van der Waals surface area contributed by atoms with E-state index in [0.29, 0.717) is 0 Å². The van der Waals surface area contributed by atoms with Crippen LogP contribution >= 0.6 is 0 Å². The third-order valence-electron chi connectivity index (χ3n) is 0.287. The summed E-state index contributed by atoms with van der Waals surface area (Å²) in [7, 11) is 0. The van der Waals surface area contributed by atoms with Gasteiger partial charge in [-0.1, -0.05) is 0 Å². The van der Waals surface area contributed by atoms with Crippen molar-refractivity contribution in [3.05, 3.63) is 0 Å². The molecule has 0 aliphatic rings. The minimum atomic E-state index is -0.562. The first kappa shape index (κ1) is 10.6. The molecule has 3 nitrogen and oxygen atoms in total. The Kier molecular flexibility index (Phi) is 6.45. The molecule has 0 aliphatic heterocycles. The first-order chi connectivity index (χ1) is 3.13. The quantitative estimate of drug-likeness (QED) is 0.270. The van der Waals surface area contributed by atoms with Crippen molar-refractivity contribution in [1.82, 2.24) is 0 Å². The predicted octanol–water partition coefficient (Wildman–Crippen LogP) is -1.09. The van der Waals surface area contributed by atoms with Gasteiger partial charge < -0.3 is 4.74 Å². The van der Waals surface area contributed by atoms with E-state index in [1.54, 1.807) is 0 Å². The van der Waals surface area contributed by atoms with Crippen molar-refractivity contribution in [2.24, 2.45) is 0 Å². The summed E-state index contributed by atoms with van der Waals surface area (Å²) in [5, 5.41) is 0. The van der Waals surface area contributed by atoms with Gasteiger partial charge in [-0.2, -0.15) is 0 Å². The molecule has 0 aromatic heterocycles. The van der Waals surface area contributed by atoms with Gasteiger partial charge in [-0.3, -0.25) is 9.59 Å². The number of ether oxygens (including phenoxy) is 1. The van der Waals surface area contributed by atoms with Gasteiger partial charge in [0.15, 0.2) is 0 Å². The molecule has 0 aromatic carbocycles. The van der Waals surface area contributed by atoms with Crippen LogP contribution in [0.25, 0.3) is 0 Å². The summed E-state index contributed by atoms with van der Waals surface area (Å²) in [6.07, 6.45) is 0. The molecule has 48 valence electrons. The summed E-state index contributed by atoms with van der Waals surface area (Å²) in [4.78, 5) is 19.6. The number of carbonyl (C=O) groups is 2. The zero-order valence-electron chi connectivity index (χ0n) is 4.93. The average Bonchev–Trinajstić information content (AvgIpc) is 1.27. The summed E-state index contributed by atoms with van der Waals surface area (Å²) in [5.41, 5.74) is 0. The van der Waals surface area contributed by atoms with Crippen LogP contribution in [0.2, 0.25) is 0 Å². The van der Waals surface area contributed by atoms with Crippen LogP contribution in [0.1, 0.15) is 13.8 Å². The van der Waals surface area contributed by atoms with E-state index in [0.717, 1.165) is 0 Å². The van der Waals surface area contributed by atoms with Gasteiger partial charge in [0.1, 0.15) is 0 Å². The van der Waals surface area contributed by atoms with Crippen molar-refractivity contribution in [1.29, 1.82) is 0 Å². The number of hydrogen-bond donors (Lipinski definition) is 0. The molecule has 0 saturated carbocycles. The van der Waals surface area contributed by atoms with E-state index in [1.807, 2.05) is 0 Å². The van der Waals surface area contributed by atoms with Gasteiger partial charge in [-0.25, -0.2) is 0 Å². The van der Waals surface area contributed by atoms with Crippen molar-refractivity contribution >= 4 is 29.9 Å². The zero-order valence-corrected chi connectivity index (χ0v) is 7.90. The van der Waals surface area contributed by atoms with E-state index >= 15 is 0 Å². The third kappa shape index (κ3) is 9.20. The SMILES string of the molecule is CC(=O)OC(C)=O.[AsH3]. The molecule has 4 heteroatoms. The molecular weight excluding hydrogens is 171 g/mol. The van der Waals surface area contributed by atoms with Crippen LogP contribution in [-0.4, -0.2) is 29.9 Å². The Labute approximate surface area is 58.7 Å². The fourth-order valence-corrected chi connectivity index (χ4v) is 0.202. The summed E-state index contributed by atoms with van der Waals surface area (Å²) < 4.78 is 3.97. The van der Waals surface area contributed by atoms with E-state index in [2.05, 4.69) is 4.74 Å². The predicted molar refractivity (Wildman–Crippen MR) is 32.4 cm³/mol. The molecule has 0 fully saturated rings. The molecule has 0 amide bonds. The topological polar surface area (TPSA) is 43.4 Å². The van der Waals surface area contributed by atoms with Gasteiger partial charge in [0.2, 0.25) is 0 Å². The van der Waals surface area contributed by atoms with Crippen LogP contribution in [0.3, 0.4) is 0 Å². The zero-order chi connectivity index (χ0) is 5.86. The van der Waals surface area contributed by atoms with Gasteiger partial charge in [0.05, 0.1) is 0 Å². The Morgan fingerprint density at radius 2 is 1.38 bits per heavy atom. The second-order valence-electron chi connectivity index (χ2n) is 1.09. The van der Waals surface area contributed by atoms with Gasteiger partial charge >= 0.3 is 29.9 Å². The van der Waals surface area contributed by atoms with Crippen LogP contribution in [0.5, 0.6) is 0 Å². The van der Waals surface area contributed by atoms with Crippen molar-refractivity contribution in [3.63, 3.8) is 0 Å². The number of esters is 2. The summed E-state index contributed by atoms with van der Waals surface area (Å²) in [6, 6.07) is 0. The van der Waals surface area contributed by atoms with E-state index < -0.39 is 11.9 Å². The fourth-order valence-electron chi connectivity index (χ4n) is 0.202. The Balaban J connectivity index is 0. The van der Waals surface area contributed by atoms with Crippen molar-refractivity contribution in [3.8, 4) is 0 Å². The normalized spacial score (nSPS) is 6.75. The molecule has 0 spiro atoms. The first-order valence-electron chi connectivity index (χ1n) is 1.82. The molecule has 0 N–H and O–H groups in total. The van der Waals surface area contributed by atoms with Crippen molar-refractivity contribution in [2.75, 3.05) is 0 Å². The van der Waals surface area contributed by atoms with Gasteiger partial charge in [-0.05, 0) is 0 Å². The van der Waals surface area contributed by atoms with Crippen LogP contribution in [-0.2, 0) is 14.3 Å². The Hall–Kier alpha value is -0.302. The first-order valence-corrected chi connectivity index (χ1v) is 1.82. The van der Waals surface area contributed by atoms with Crippen LogP contribution in [0.15, 0.2) is 0 Å². The van der Waals surface area contributed by atoms with Gasteiger partial charge in [-0.15, -0.1) is 0 Å². The van der Waals surface area contributed by atoms with E-state index in [-0.39, 0.29) is 18.0 Å². The number of carbonyl (C=O) groups excluding carboxylic acids is 2. The Bertz CT molecular complexity index is 87.5. The maximum absolute atomic E-state index is 9.81. The molecule has 0 aromatic rings. The summed E-state index contributed by atoms with van der Waals surface area (Å²) in [5.74, 6) is -1.12. The average molecular weight is 180 g/mol. The van der Waals surface area contributed by atoms with Crippen LogP contribution < -0.4 is 0 Å². The Morgan fingerprint density at radius 3 is 1.38 bits per heavy atom. The standard InChI is InChI=1S/C4H6O3.AsH3/c1-3(5)7-4(2)6;/h1-2H3;1H3. The molecular formula is C4H9AsO3. The number of hydrogen-bond acceptors (Lipinski definition) is 3. The van der Waals surface area contributed by atoms with E-state index in [1.165, 1.54) is 13.8 Å². The molecule has 8 heavy (non-hydrogen) atoms. The van der Waals surface area contributed by atoms with Gasteiger partial charge in [0, 0.05) is 13.8 Å². The number of rotatable bonds is 0. The third-order valence-corrected chi connectivity index (χ3v) is 0.287. The van der Waals surface area contributed by atoms with Crippen LogP contribution in [0.4, 0.5) is 0 Å². The second kappa shape index (κ2) is 4.85. The fraction of sp³-hybridized carbons (Fsp3) is 0.500. The Morgan fingerprint density at radius 1 is 1.12 bits per heavy atom. The summed E-state index contributed by atoms with van der Waals surface area (Å²) in [6.45, 7) is 2.36. The van der Waals surface area contributed by atoms with E-state index in [9.17, 15) is 9.59 Å². The molecule has 0 aliphatic carbocycles. The molecule has 0 heterocycles. The molecule has 0 rings (SSSR count). The van der Waals surface area contributed by atoms with Crippen molar-refractivity contribution in [2.45, 2.75) is 13.8 Å². The minimum absolute atomic E-state index is 0. The molecule has 0 radical (unpaired) electrons. The van der Waals surface area contributed by atoms with Crippen molar-refractivity contribution < 1.29 is 14.3 Å². The summed E-state index contributed by atoms with van der Waals surface area (Å²) >= 11 is 0. The molecule has 1 atom stereocenters. The van der Waals surface area contributed by atoms with Gasteiger partial charge in [0.25, 0.3) is 0 Å². The maximum atomic E-state index is 9.81. The molecule has 0 bridgehead atoms. The molecule has 1 unspecified atom stereocenters. The second-order valence-corrected chi connectivity index (χ2v) is 1.09. The monoisotopic (exact) mass is 180 g/mol. The van der Waals surface area contributed by atoms with Crippen LogP contribution in [0, 0.1) is 0 Å². The van der Waals surface area contributed by atoms with E-state index in [4.69, 9.17) is 0 Å². The molecule has 0 saturated heterocycles.